The Labute approximate surface area is 182 Å². The monoisotopic (exact) mass is 418 g/mol. The van der Waals surface area contributed by atoms with E-state index in [0.29, 0.717) is 49.7 Å². The van der Waals surface area contributed by atoms with Crippen molar-refractivity contribution in [2.24, 2.45) is 0 Å². The Morgan fingerprint density at radius 2 is 1.45 bits per heavy atom. The van der Waals surface area contributed by atoms with Crippen molar-refractivity contribution in [1.29, 1.82) is 0 Å². The van der Waals surface area contributed by atoms with Gasteiger partial charge in [0.1, 0.15) is 0 Å². The third-order valence-electron chi connectivity index (χ3n) is 5.72. The van der Waals surface area contributed by atoms with Gasteiger partial charge in [0.2, 0.25) is 5.91 Å². The number of methoxy groups -OCH3 is 2. The van der Waals surface area contributed by atoms with Crippen LogP contribution in [0.1, 0.15) is 15.9 Å². The Morgan fingerprint density at radius 1 is 0.774 bits per heavy atom. The summed E-state index contributed by atoms with van der Waals surface area (Å²) in [6, 6.07) is 19.4. The van der Waals surface area contributed by atoms with E-state index in [0.717, 1.165) is 10.9 Å². The summed E-state index contributed by atoms with van der Waals surface area (Å²) >= 11 is 0. The van der Waals surface area contributed by atoms with Gasteiger partial charge in [-0.2, -0.15) is 0 Å². The van der Waals surface area contributed by atoms with E-state index in [9.17, 15) is 9.59 Å². The van der Waals surface area contributed by atoms with Gasteiger partial charge in [0, 0.05) is 31.7 Å². The molecule has 1 saturated heterocycles. The zero-order valence-corrected chi connectivity index (χ0v) is 17.8. The van der Waals surface area contributed by atoms with Crippen molar-refractivity contribution < 1.29 is 19.1 Å². The van der Waals surface area contributed by atoms with E-state index in [1.54, 1.807) is 37.3 Å². The van der Waals surface area contributed by atoms with Gasteiger partial charge in [0.25, 0.3) is 5.91 Å². The molecule has 0 saturated carbocycles. The molecule has 31 heavy (non-hydrogen) atoms. The average molecular weight is 418 g/mol. The van der Waals surface area contributed by atoms with Gasteiger partial charge < -0.3 is 19.3 Å². The summed E-state index contributed by atoms with van der Waals surface area (Å²) < 4.78 is 10.5. The Hall–Kier alpha value is -3.54. The topological polar surface area (TPSA) is 59.1 Å². The van der Waals surface area contributed by atoms with E-state index < -0.39 is 0 Å². The van der Waals surface area contributed by atoms with Crippen LogP contribution < -0.4 is 9.47 Å². The number of ether oxygens (including phenoxy) is 2. The molecule has 0 radical (unpaired) electrons. The molecule has 0 aromatic heterocycles. The SMILES string of the molecule is COc1ccc(C(=O)N2CCN(C(=O)Cc3ccc4ccccc4c3)CC2)cc1OC. The lowest BCUT2D eigenvalue weighted by Gasteiger charge is -2.35. The number of hydrogen-bond acceptors (Lipinski definition) is 4. The molecular formula is C25H26N2O4. The van der Waals surface area contributed by atoms with E-state index in [-0.39, 0.29) is 11.8 Å². The lowest BCUT2D eigenvalue weighted by molar-refractivity contribution is -0.131. The normalized spacial score (nSPS) is 13.9. The highest BCUT2D eigenvalue weighted by Gasteiger charge is 2.25. The molecule has 160 valence electrons. The molecule has 1 heterocycles. The maximum Gasteiger partial charge on any atom is 0.254 e. The summed E-state index contributed by atoms with van der Waals surface area (Å²) in [6.07, 6.45) is 0.370. The molecule has 0 aliphatic carbocycles. The van der Waals surface area contributed by atoms with E-state index in [1.807, 2.05) is 23.1 Å². The summed E-state index contributed by atoms with van der Waals surface area (Å²) in [7, 11) is 3.11. The molecule has 0 spiro atoms. The van der Waals surface area contributed by atoms with E-state index in [1.165, 1.54) is 5.39 Å². The maximum atomic E-state index is 12.9. The van der Waals surface area contributed by atoms with Crippen LogP contribution in [0.2, 0.25) is 0 Å². The highest BCUT2D eigenvalue weighted by Crippen LogP contribution is 2.28. The lowest BCUT2D eigenvalue weighted by atomic mass is 10.0. The van der Waals surface area contributed by atoms with Crippen LogP contribution in [0.25, 0.3) is 10.8 Å². The largest absolute Gasteiger partial charge is 0.493 e. The number of hydrogen-bond donors (Lipinski definition) is 0. The molecule has 4 rings (SSSR count). The highest BCUT2D eigenvalue weighted by atomic mass is 16.5. The van der Waals surface area contributed by atoms with Crippen LogP contribution >= 0.6 is 0 Å². The van der Waals surface area contributed by atoms with Crippen LogP contribution in [0.5, 0.6) is 11.5 Å². The lowest BCUT2D eigenvalue weighted by Crippen LogP contribution is -2.51. The van der Waals surface area contributed by atoms with Crippen LogP contribution in [0.4, 0.5) is 0 Å². The van der Waals surface area contributed by atoms with Gasteiger partial charge in [-0.05, 0) is 34.5 Å². The van der Waals surface area contributed by atoms with Crippen molar-refractivity contribution in [2.75, 3.05) is 40.4 Å². The standard InChI is InChI=1S/C25H26N2O4/c1-30-22-10-9-21(17-23(22)31-2)25(29)27-13-11-26(12-14-27)24(28)16-18-7-8-19-5-3-4-6-20(19)15-18/h3-10,15,17H,11-14,16H2,1-2H3. The predicted octanol–water partition coefficient (Wildman–Crippen LogP) is 3.38. The molecule has 0 unspecified atom stereocenters. The summed E-state index contributed by atoms with van der Waals surface area (Å²) in [5.41, 5.74) is 1.56. The number of piperazine rings is 1. The quantitative estimate of drug-likeness (QED) is 0.637. The number of nitrogens with zero attached hydrogens (tertiary/aromatic N) is 2. The Kier molecular flexibility index (Phi) is 6.07. The molecular weight excluding hydrogens is 392 g/mol. The molecule has 1 aliphatic heterocycles. The molecule has 6 nitrogen and oxygen atoms in total. The number of fused-ring (bicyclic) bond motifs is 1. The molecule has 0 N–H and O–H groups in total. The van der Waals surface area contributed by atoms with Crippen molar-refractivity contribution in [1.82, 2.24) is 9.80 Å². The molecule has 0 bridgehead atoms. The third kappa shape index (κ3) is 4.48. The minimum absolute atomic E-state index is 0.0671. The van der Waals surface area contributed by atoms with Gasteiger partial charge in [-0.3, -0.25) is 9.59 Å². The number of amides is 2. The zero-order valence-electron chi connectivity index (χ0n) is 17.8. The molecule has 1 fully saturated rings. The highest BCUT2D eigenvalue weighted by molar-refractivity contribution is 5.95. The summed E-state index contributed by atoms with van der Waals surface area (Å²) in [6.45, 7) is 2.09. The van der Waals surface area contributed by atoms with Crippen LogP contribution in [0.15, 0.2) is 60.7 Å². The predicted molar refractivity (Wildman–Crippen MR) is 120 cm³/mol. The van der Waals surface area contributed by atoms with Crippen LogP contribution in [0.3, 0.4) is 0 Å². The first-order valence-corrected chi connectivity index (χ1v) is 10.4. The van der Waals surface area contributed by atoms with Gasteiger partial charge in [-0.1, -0.05) is 42.5 Å². The second kappa shape index (κ2) is 9.08. The number of benzene rings is 3. The fourth-order valence-corrected chi connectivity index (χ4v) is 3.95. The van der Waals surface area contributed by atoms with Crippen LogP contribution in [0, 0.1) is 0 Å². The van der Waals surface area contributed by atoms with Crippen molar-refractivity contribution in [3.63, 3.8) is 0 Å². The average Bonchev–Trinajstić information content (AvgIpc) is 2.83. The van der Waals surface area contributed by atoms with Crippen LogP contribution in [-0.4, -0.2) is 62.0 Å². The molecule has 2 amide bonds. The van der Waals surface area contributed by atoms with Crippen molar-refractivity contribution in [3.05, 3.63) is 71.8 Å². The number of carbonyl (C=O) groups excluding carboxylic acids is 2. The first-order valence-electron chi connectivity index (χ1n) is 10.4. The van der Waals surface area contributed by atoms with Gasteiger partial charge in [0.05, 0.1) is 20.6 Å². The summed E-state index contributed by atoms with van der Waals surface area (Å²) in [5.74, 6) is 1.14. The fourth-order valence-electron chi connectivity index (χ4n) is 3.95. The molecule has 1 aliphatic rings. The fraction of sp³-hybridized carbons (Fsp3) is 0.280. The molecule has 3 aromatic rings. The number of rotatable bonds is 5. The van der Waals surface area contributed by atoms with E-state index >= 15 is 0 Å². The van der Waals surface area contributed by atoms with Crippen molar-refractivity contribution in [3.8, 4) is 11.5 Å². The van der Waals surface area contributed by atoms with Gasteiger partial charge in [-0.25, -0.2) is 0 Å². The first kappa shape index (κ1) is 20.7. The Morgan fingerprint density at radius 3 is 2.16 bits per heavy atom. The second-order valence-corrected chi connectivity index (χ2v) is 7.60. The third-order valence-corrected chi connectivity index (χ3v) is 5.72. The molecule has 6 heteroatoms. The van der Waals surface area contributed by atoms with Gasteiger partial charge in [-0.15, -0.1) is 0 Å². The smallest absolute Gasteiger partial charge is 0.254 e. The van der Waals surface area contributed by atoms with Crippen molar-refractivity contribution in [2.45, 2.75) is 6.42 Å². The van der Waals surface area contributed by atoms with E-state index in [4.69, 9.17) is 9.47 Å². The molecule has 3 aromatic carbocycles. The van der Waals surface area contributed by atoms with Gasteiger partial charge >= 0.3 is 0 Å². The molecule has 0 atom stereocenters. The van der Waals surface area contributed by atoms with Crippen molar-refractivity contribution >= 4 is 22.6 Å². The second-order valence-electron chi connectivity index (χ2n) is 7.60. The Balaban J connectivity index is 1.36. The number of carbonyl (C=O) groups is 2. The maximum absolute atomic E-state index is 12.9. The minimum atomic E-state index is -0.0671. The van der Waals surface area contributed by atoms with E-state index in [2.05, 4.69) is 24.3 Å². The minimum Gasteiger partial charge on any atom is -0.493 e. The first-order chi connectivity index (χ1) is 15.1. The Bertz CT molecular complexity index is 1100. The summed E-state index contributed by atoms with van der Waals surface area (Å²) in [4.78, 5) is 29.3. The van der Waals surface area contributed by atoms with Crippen LogP contribution in [-0.2, 0) is 11.2 Å². The summed E-state index contributed by atoms with van der Waals surface area (Å²) in [5, 5.41) is 2.30. The zero-order chi connectivity index (χ0) is 21.8. The van der Waals surface area contributed by atoms with Gasteiger partial charge in [0.15, 0.2) is 11.5 Å².